The monoisotopic (exact) mass is 296 g/mol. The Morgan fingerprint density at radius 3 is 2.60 bits per heavy atom. The molecule has 7 heteroatoms. The highest BCUT2D eigenvalue weighted by atomic mass is 32.2. The van der Waals surface area contributed by atoms with Crippen LogP contribution in [0.2, 0.25) is 0 Å². The summed E-state index contributed by atoms with van der Waals surface area (Å²) in [7, 11) is 0. The second-order valence-corrected chi connectivity index (χ2v) is 5.54. The first-order valence-electron chi connectivity index (χ1n) is 5.93. The van der Waals surface area contributed by atoms with E-state index >= 15 is 0 Å². The van der Waals surface area contributed by atoms with Crippen LogP contribution in [0.3, 0.4) is 0 Å². The van der Waals surface area contributed by atoms with Crippen molar-refractivity contribution in [3.05, 3.63) is 30.1 Å². The molecule has 0 spiro atoms. The highest BCUT2D eigenvalue weighted by Gasteiger charge is 2.39. The van der Waals surface area contributed by atoms with Gasteiger partial charge in [-0.3, -0.25) is 9.59 Å². The fourth-order valence-electron chi connectivity index (χ4n) is 1.88. The first kappa shape index (κ1) is 14.5. The lowest BCUT2D eigenvalue weighted by molar-refractivity contribution is -0.305. The lowest BCUT2D eigenvalue weighted by Crippen LogP contribution is -2.31. The molecule has 2 amide bonds. The minimum absolute atomic E-state index is 0.0218. The summed E-state index contributed by atoms with van der Waals surface area (Å²) in [6, 6.07) is 5.07. The van der Waals surface area contributed by atoms with Gasteiger partial charge in [-0.15, -0.1) is 11.8 Å². The molecule has 0 radical (unpaired) electrons. The molecule has 0 N–H and O–H groups in total. The SMILES string of the molecule is O=C([O-])CCS[C@@H]1CC(=O)N(c2ccc(F)cc2)C1=O. The van der Waals surface area contributed by atoms with Gasteiger partial charge in [0.1, 0.15) is 5.82 Å². The van der Waals surface area contributed by atoms with Crippen LogP contribution in [-0.4, -0.2) is 28.8 Å². The fourth-order valence-corrected chi connectivity index (χ4v) is 2.96. The van der Waals surface area contributed by atoms with Gasteiger partial charge in [-0.05, 0) is 36.4 Å². The quantitative estimate of drug-likeness (QED) is 0.732. The number of carbonyl (C=O) groups excluding carboxylic acids is 3. The van der Waals surface area contributed by atoms with Gasteiger partial charge in [-0.1, -0.05) is 0 Å². The first-order chi connectivity index (χ1) is 9.49. The lowest BCUT2D eigenvalue weighted by Gasteiger charge is -2.14. The van der Waals surface area contributed by atoms with Gasteiger partial charge < -0.3 is 9.90 Å². The van der Waals surface area contributed by atoms with E-state index in [2.05, 4.69) is 0 Å². The molecule has 1 aromatic carbocycles. The smallest absolute Gasteiger partial charge is 0.247 e. The number of hydrogen-bond acceptors (Lipinski definition) is 5. The maximum absolute atomic E-state index is 12.8. The van der Waals surface area contributed by atoms with E-state index < -0.39 is 22.9 Å². The van der Waals surface area contributed by atoms with E-state index in [9.17, 15) is 23.9 Å². The summed E-state index contributed by atoms with van der Waals surface area (Å²) in [5.74, 6) is -2.20. The van der Waals surface area contributed by atoms with Crippen molar-refractivity contribution in [2.45, 2.75) is 18.1 Å². The van der Waals surface area contributed by atoms with E-state index in [0.717, 1.165) is 16.7 Å². The summed E-state index contributed by atoms with van der Waals surface area (Å²) >= 11 is 1.12. The van der Waals surface area contributed by atoms with Crippen molar-refractivity contribution in [2.75, 3.05) is 10.7 Å². The van der Waals surface area contributed by atoms with Gasteiger partial charge in [0.2, 0.25) is 11.8 Å². The van der Waals surface area contributed by atoms with E-state index in [0.29, 0.717) is 5.69 Å². The Morgan fingerprint density at radius 2 is 2.00 bits per heavy atom. The average molecular weight is 296 g/mol. The number of benzene rings is 1. The Kier molecular flexibility index (Phi) is 4.39. The number of amides is 2. The molecule has 1 atom stereocenters. The number of thioether (sulfide) groups is 1. The third kappa shape index (κ3) is 3.16. The number of rotatable bonds is 5. The zero-order valence-electron chi connectivity index (χ0n) is 10.4. The van der Waals surface area contributed by atoms with Crippen LogP contribution in [0, 0.1) is 5.82 Å². The standard InChI is InChI=1S/C13H12FNO4S/c14-8-1-3-9(4-2-8)15-11(16)7-10(13(15)19)20-6-5-12(17)18/h1-4,10H,5-7H2,(H,17,18)/p-1/t10-/m1/s1. The molecule has 106 valence electrons. The Labute approximate surface area is 118 Å². The molecule has 2 rings (SSSR count). The first-order valence-corrected chi connectivity index (χ1v) is 6.97. The summed E-state index contributed by atoms with van der Waals surface area (Å²) in [6.07, 6.45) is -0.146. The van der Waals surface area contributed by atoms with Crippen LogP contribution in [0.1, 0.15) is 12.8 Å². The van der Waals surface area contributed by atoms with Gasteiger partial charge in [0, 0.05) is 12.4 Å². The molecule has 0 aliphatic carbocycles. The highest BCUT2D eigenvalue weighted by Crippen LogP contribution is 2.29. The number of carboxylic acid groups (broad SMARTS) is 1. The largest absolute Gasteiger partial charge is 0.550 e. The molecule has 1 fully saturated rings. The molecular weight excluding hydrogens is 285 g/mol. The van der Waals surface area contributed by atoms with E-state index in [1.165, 1.54) is 24.3 Å². The number of nitrogens with zero attached hydrogens (tertiary/aromatic N) is 1. The van der Waals surface area contributed by atoms with E-state index in [1.807, 2.05) is 0 Å². The van der Waals surface area contributed by atoms with Crippen LogP contribution in [0.25, 0.3) is 0 Å². The molecule has 0 unspecified atom stereocenters. The maximum atomic E-state index is 12.8. The Bertz CT molecular complexity index is 546. The van der Waals surface area contributed by atoms with E-state index in [1.54, 1.807) is 0 Å². The summed E-state index contributed by atoms with van der Waals surface area (Å²) < 4.78 is 12.8. The van der Waals surface area contributed by atoms with Gasteiger partial charge in [0.15, 0.2) is 0 Å². The zero-order chi connectivity index (χ0) is 14.7. The van der Waals surface area contributed by atoms with Crippen LogP contribution < -0.4 is 10.0 Å². The third-order valence-electron chi connectivity index (χ3n) is 2.82. The van der Waals surface area contributed by atoms with Gasteiger partial charge >= 0.3 is 0 Å². The van der Waals surface area contributed by atoms with Gasteiger partial charge in [-0.2, -0.15) is 0 Å². The molecule has 0 bridgehead atoms. The number of halogens is 1. The highest BCUT2D eigenvalue weighted by molar-refractivity contribution is 8.00. The predicted molar refractivity (Wildman–Crippen MR) is 69.4 cm³/mol. The van der Waals surface area contributed by atoms with Crippen molar-refractivity contribution >= 4 is 35.2 Å². The number of aliphatic carboxylic acids is 1. The lowest BCUT2D eigenvalue weighted by atomic mass is 10.3. The van der Waals surface area contributed by atoms with Crippen molar-refractivity contribution in [2.24, 2.45) is 0 Å². The second-order valence-electron chi connectivity index (χ2n) is 4.23. The molecule has 1 saturated heterocycles. The molecule has 1 aliphatic rings. The normalized spacial score (nSPS) is 18.6. The minimum atomic E-state index is -1.19. The van der Waals surface area contributed by atoms with Crippen LogP contribution in [0.4, 0.5) is 10.1 Å². The summed E-state index contributed by atoms with van der Waals surface area (Å²) in [5, 5.41) is 9.72. The molecule has 5 nitrogen and oxygen atoms in total. The fraction of sp³-hybridized carbons (Fsp3) is 0.308. The Balaban J connectivity index is 2.05. The van der Waals surface area contributed by atoms with Gasteiger partial charge in [0.05, 0.1) is 10.9 Å². The van der Waals surface area contributed by atoms with Crippen molar-refractivity contribution in [1.29, 1.82) is 0 Å². The molecule has 20 heavy (non-hydrogen) atoms. The van der Waals surface area contributed by atoms with Crippen molar-refractivity contribution in [1.82, 2.24) is 0 Å². The van der Waals surface area contributed by atoms with Crippen LogP contribution in [-0.2, 0) is 14.4 Å². The van der Waals surface area contributed by atoms with Crippen molar-refractivity contribution in [3.8, 4) is 0 Å². The van der Waals surface area contributed by atoms with Crippen molar-refractivity contribution < 1.29 is 23.9 Å². The molecular formula is C13H11FNO4S-. The topological polar surface area (TPSA) is 77.5 Å². The number of anilines is 1. The average Bonchev–Trinajstić information content (AvgIpc) is 2.66. The van der Waals surface area contributed by atoms with E-state index in [-0.39, 0.29) is 24.5 Å². The summed E-state index contributed by atoms with van der Waals surface area (Å²) in [5.41, 5.74) is 0.324. The van der Waals surface area contributed by atoms with E-state index in [4.69, 9.17) is 0 Å². The van der Waals surface area contributed by atoms with Crippen LogP contribution >= 0.6 is 11.8 Å². The molecule has 1 aromatic rings. The zero-order valence-corrected chi connectivity index (χ0v) is 11.2. The second kappa shape index (κ2) is 6.04. The van der Waals surface area contributed by atoms with Crippen LogP contribution in [0.15, 0.2) is 24.3 Å². The number of carboxylic acids is 1. The molecule has 0 aromatic heterocycles. The Hall–Kier alpha value is -1.89. The summed E-state index contributed by atoms with van der Waals surface area (Å²) in [6.45, 7) is 0. The predicted octanol–water partition coefficient (Wildman–Crippen LogP) is 0.331. The van der Waals surface area contributed by atoms with Crippen molar-refractivity contribution in [3.63, 3.8) is 0 Å². The van der Waals surface area contributed by atoms with Gasteiger partial charge in [0.25, 0.3) is 0 Å². The number of carbonyl (C=O) groups is 3. The third-order valence-corrected chi connectivity index (χ3v) is 4.03. The summed E-state index contributed by atoms with van der Waals surface area (Å²) in [4.78, 5) is 35.3. The minimum Gasteiger partial charge on any atom is -0.550 e. The molecule has 1 aliphatic heterocycles. The Morgan fingerprint density at radius 1 is 1.35 bits per heavy atom. The number of hydrogen-bond donors (Lipinski definition) is 0. The molecule has 1 heterocycles. The van der Waals surface area contributed by atoms with Crippen LogP contribution in [0.5, 0.6) is 0 Å². The maximum Gasteiger partial charge on any atom is 0.247 e. The molecule has 0 saturated carbocycles. The number of imide groups is 1. The van der Waals surface area contributed by atoms with Gasteiger partial charge in [-0.25, -0.2) is 9.29 Å².